The zero-order chi connectivity index (χ0) is 17.6. The van der Waals surface area contributed by atoms with E-state index in [1.165, 1.54) is 6.92 Å². The number of amides is 2. The molecule has 0 saturated carbocycles. The number of hydrogen-bond donors (Lipinski definition) is 2. The molecule has 0 radical (unpaired) electrons. The van der Waals surface area contributed by atoms with Crippen LogP contribution in [0.5, 0.6) is 11.5 Å². The fourth-order valence-electron chi connectivity index (χ4n) is 2.31. The lowest BCUT2D eigenvalue weighted by Crippen LogP contribution is -2.49. The monoisotopic (exact) mass is 322 g/mol. The third-order valence-electron chi connectivity index (χ3n) is 3.57. The number of hydrogen-bond acceptors (Lipinski definition) is 4. The highest BCUT2D eigenvalue weighted by Gasteiger charge is 2.25. The first kappa shape index (κ1) is 18.8. The smallest absolute Gasteiger partial charge is 0.243 e. The number of rotatable bonds is 7. The van der Waals surface area contributed by atoms with Gasteiger partial charge in [0.05, 0.1) is 20.3 Å². The van der Waals surface area contributed by atoms with Gasteiger partial charge >= 0.3 is 0 Å². The Hall–Kier alpha value is -2.24. The summed E-state index contributed by atoms with van der Waals surface area (Å²) in [5.74, 6) is 0.859. The first-order chi connectivity index (χ1) is 10.8. The average Bonchev–Trinajstić information content (AvgIpc) is 2.51. The Labute approximate surface area is 137 Å². The van der Waals surface area contributed by atoms with Crippen LogP contribution < -0.4 is 20.1 Å². The molecule has 1 rings (SSSR count). The van der Waals surface area contributed by atoms with E-state index in [-0.39, 0.29) is 23.8 Å². The summed E-state index contributed by atoms with van der Waals surface area (Å²) in [6.07, 6.45) is 0. The summed E-state index contributed by atoms with van der Waals surface area (Å²) < 4.78 is 10.5. The Morgan fingerprint density at radius 2 is 1.70 bits per heavy atom. The summed E-state index contributed by atoms with van der Waals surface area (Å²) in [6.45, 7) is 7.05. The molecule has 0 spiro atoms. The van der Waals surface area contributed by atoms with Gasteiger partial charge in [-0.3, -0.25) is 9.59 Å². The molecule has 1 aromatic carbocycles. The van der Waals surface area contributed by atoms with E-state index >= 15 is 0 Å². The summed E-state index contributed by atoms with van der Waals surface area (Å²) in [5, 5.41) is 5.60. The van der Waals surface area contributed by atoms with Gasteiger partial charge < -0.3 is 20.1 Å². The first-order valence-corrected chi connectivity index (χ1v) is 7.59. The van der Waals surface area contributed by atoms with Gasteiger partial charge in [-0.1, -0.05) is 13.8 Å². The van der Waals surface area contributed by atoms with Gasteiger partial charge in [0.25, 0.3) is 0 Å². The molecule has 0 heterocycles. The zero-order valence-corrected chi connectivity index (χ0v) is 14.6. The summed E-state index contributed by atoms with van der Waals surface area (Å²) in [6, 6.07) is 4.60. The topological polar surface area (TPSA) is 76.7 Å². The Kier molecular flexibility index (Phi) is 6.88. The number of carbonyl (C=O) groups excluding carboxylic acids is 2. The van der Waals surface area contributed by atoms with Crippen molar-refractivity contribution < 1.29 is 19.1 Å². The van der Waals surface area contributed by atoms with Crippen molar-refractivity contribution in [1.29, 1.82) is 0 Å². The van der Waals surface area contributed by atoms with Crippen molar-refractivity contribution in [2.45, 2.75) is 39.8 Å². The maximum absolute atomic E-state index is 12.4. The van der Waals surface area contributed by atoms with Crippen LogP contribution in [0.25, 0.3) is 0 Å². The van der Waals surface area contributed by atoms with Gasteiger partial charge in [0.2, 0.25) is 11.8 Å². The number of ether oxygens (including phenoxy) is 2. The van der Waals surface area contributed by atoms with Crippen molar-refractivity contribution in [2.75, 3.05) is 14.2 Å². The Morgan fingerprint density at radius 1 is 1.04 bits per heavy atom. The first-order valence-electron chi connectivity index (χ1n) is 7.59. The maximum Gasteiger partial charge on any atom is 0.243 e. The molecule has 128 valence electrons. The molecule has 2 unspecified atom stereocenters. The van der Waals surface area contributed by atoms with Crippen molar-refractivity contribution in [3.8, 4) is 11.5 Å². The standard InChI is InChI=1S/C17H26N2O4/c1-10(2)16(19-12(4)20)17(21)18-11(3)14-8-7-13(22-5)9-15(14)23-6/h7-11,16H,1-6H3,(H,18,21)(H,19,20). The largest absolute Gasteiger partial charge is 0.497 e. The van der Waals surface area contributed by atoms with E-state index in [0.717, 1.165) is 5.56 Å². The molecule has 2 atom stereocenters. The molecule has 6 nitrogen and oxygen atoms in total. The van der Waals surface area contributed by atoms with Crippen molar-refractivity contribution in [3.63, 3.8) is 0 Å². The highest BCUT2D eigenvalue weighted by Crippen LogP contribution is 2.29. The van der Waals surface area contributed by atoms with Crippen LogP contribution in [0.1, 0.15) is 39.3 Å². The molecule has 0 saturated heterocycles. The fraction of sp³-hybridized carbons (Fsp3) is 0.529. The van der Waals surface area contributed by atoms with Crippen LogP contribution >= 0.6 is 0 Å². The third-order valence-corrected chi connectivity index (χ3v) is 3.57. The van der Waals surface area contributed by atoms with Gasteiger partial charge in [0.15, 0.2) is 0 Å². The van der Waals surface area contributed by atoms with Gasteiger partial charge in [-0.25, -0.2) is 0 Å². The van der Waals surface area contributed by atoms with Crippen LogP contribution in [0.2, 0.25) is 0 Å². The van der Waals surface area contributed by atoms with Crippen LogP contribution in [-0.4, -0.2) is 32.1 Å². The van der Waals surface area contributed by atoms with Crippen LogP contribution in [0.4, 0.5) is 0 Å². The molecule has 0 aliphatic rings. The molecular formula is C17H26N2O4. The third kappa shape index (κ3) is 5.16. The van der Waals surface area contributed by atoms with E-state index in [9.17, 15) is 9.59 Å². The highest BCUT2D eigenvalue weighted by molar-refractivity contribution is 5.87. The lowest BCUT2D eigenvalue weighted by atomic mass is 10.0. The minimum Gasteiger partial charge on any atom is -0.497 e. The van der Waals surface area contributed by atoms with Crippen LogP contribution in [0.3, 0.4) is 0 Å². The van der Waals surface area contributed by atoms with Crippen LogP contribution in [-0.2, 0) is 9.59 Å². The lowest BCUT2D eigenvalue weighted by molar-refractivity contribution is -0.129. The van der Waals surface area contributed by atoms with E-state index in [1.54, 1.807) is 20.3 Å². The van der Waals surface area contributed by atoms with Crippen molar-refractivity contribution >= 4 is 11.8 Å². The van der Waals surface area contributed by atoms with E-state index in [4.69, 9.17) is 9.47 Å². The molecular weight excluding hydrogens is 296 g/mol. The highest BCUT2D eigenvalue weighted by atomic mass is 16.5. The predicted molar refractivity (Wildman–Crippen MR) is 88.5 cm³/mol. The van der Waals surface area contributed by atoms with Gasteiger partial charge in [-0.15, -0.1) is 0 Å². The quantitative estimate of drug-likeness (QED) is 0.805. The lowest BCUT2D eigenvalue weighted by Gasteiger charge is -2.24. The Morgan fingerprint density at radius 3 is 2.17 bits per heavy atom. The minimum atomic E-state index is -0.570. The van der Waals surface area contributed by atoms with Gasteiger partial charge in [0.1, 0.15) is 17.5 Å². The molecule has 2 N–H and O–H groups in total. The molecule has 2 amide bonds. The van der Waals surface area contributed by atoms with Crippen molar-refractivity contribution in [2.24, 2.45) is 5.92 Å². The predicted octanol–water partition coefficient (Wildman–Crippen LogP) is 2.04. The van der Waals surface area contributed by atoms with Gasteiger partial charge in [-0.2, -0.15) is 0 Å². The second-order valence-corrected chi connectivity index (χ2v) is 5.76. The molecule has 23 heavy (non-hydrogen) atoms. The molecule has 1 aromatic rings. The number of benzene rings is 1. The Bertz CT molecular complexity index is 558. The normalized spacial score (nSPS) is 13.2. The van der Waals surface area contributed by atoms with E-state index in [2.05, 4.69) is 10.6 Å². The fourth-order valence-corrected chi connectivity index (χ4v) is 2.31. The van der Waals surface area contributed by atoms with Gasteiger partial charge in [0, 0.05) is 18.6 Å². The second-order valence-electron chi connectivity index (χ2n) is 5.76. The molecule has 6 heteroatoms. The number of methoxy groups -OCH3 is 2. The number of nitrogens with one attached hydrogen (secondary N) is 2. The second kappa shape index (κ2) is 8.41. The summed E-state index contributed by atoms with van der Waals surface area (Å²) >= 11 is 0. The molecule has 0 aromatic heterocycles. The SMILES string of the molecule is COc1ccc(C(C)NC(=O)C(NC(C)=O)C(C)C)c(OC)c1. The zero-order valence-electron chi connectivity index (χ0n) is 14.6. The molecule has 0 bridgehead atoms. The Balaban J connectivity index is 2.91. The average molecular weight is 322 g/mol. The summed E-state index contributed by atoms with van der Waals surface area (Å²) in [7, 11) is 3.15. The van der Waals surface area contributed by atoms with Gasteiger partial charge in [-0.05, 0) is 25.0 Å². The minimum absolute atomic E-state index is 0.0103. The van der Waals surface area contributed by atoms with Crippen LogP contribution in [0.15, 0.2) is 18.2 Å². The summed E-state index contributed by atoms with van der Waals surface area (Å²) in [5.41, 5.74) is 0.840. The van der Waals surface area contributed by atoms with Crippen LogP contribution in [0, 0.1) is 5.92 Å². The van der Waals surface area contributed by atoms with E-state index < -0.39 is 6.04 Å². The van der Waals surface area contributed by atoms with Crippen molar-refractivity contribution in [1.82, 2.24) is 10.6 Å². The molecule has 0 fully saturated rings. The summed E-state index contributed by atoms with van der Waals surface area (Å²) in [4.78, 5) is 23.7. The molecule has 0 aliphatic carbocycles. The number of carbonyl (C=O) groups is 2. The van der Waals surface area contributed by atoms with E-state index in [1.807, 2.05) is 32.9 Å². The van der Waals surface area contributed by atoms with E-state index in [0.29, 0.717) is 11.5 Å². The molecule has 0 aliphatic heterocycles. The van der Waals surface area contributed by atoms with Crippen molar-refractivity contribution in [3.05, 3.63) is 23.8 Å². The maximum atomic E-state index is 12.4.